The van der Waals surface area contributed by atoms with Gasteiger partial charge in [-0.15, -0.1) is 0 Å². The van der Waals surface area contributed by atoms with Crippen molar-refractivity contribution in [2.24, 2.45) is 0 Å². The highest BCUT2D eigenvalue weighted by Gasteiger charge is 1.97. The molecule has 0 bridgehead atoms. The fourth-order valence-corrected chi connectivity index (χ4v) is 1.49. The van der Waals surface area contributed by atoms with Gasteiger partial charge in [0.15, 0.2) is 0 Å². The molecule has 0 saturated carbocycles. The molecular formula is C6H6ClIN2. The lowest BCUT2D eigenvalue weighted by atomic mass is 10.5. The van der Waals surface area contributed by atoms with E-state index in [2.05, 4.69) is 32.9 Å². The van der Waals surface area contributed by atoms with Crippen molar-refractivity contribution in [3.8, 4) is 0 Å². The van der Waals surface area contributed by atoms with E-state index in [1.165, 1.54) is 0 Å². The largest absolute Gasteiger partial charge is 0.372 e. The van der Waals surface area contributed by atoms with E-state index in [1.807, 2.05) is 6.07 Å². The molecule has 4 heteroatoms. The number of nitrogens with one attached hydrogen (secondary N) is 1. The molecule has 0 unspecified atom stereocenters. The van der Waals surface area contributed by atoms with Crippen LogP contribution in [-0.2, 0) is 0 Å². The molecule has 0 radical (unpaired) electrons. The van der Waals surface area contributed by atoms with Gasteiger partial charge in [-0.25, -0.2) is 4.98 Å². The van der Waals surface area contributed by atoms with Crippen LogP contribution in [0, 0.1) is 3.57 Å². The third-order valence-corrected chi connectivity index (χ3v) is 1.92. The zero-order valence-corrected chi connectivity index (χ0v) is 8.27. The number of nitrogens with zero attached hydrogens (tertiary/aromatic N) is 1. The number of hydrogen-bond acceptors (Lipinski definition) is 2. The minimum Gasteiger partial charge on any atom is -0.372 e. The molecule has 1 N–H and O–H groups in total. The standard InChI is InChI=1S/C6H6ClIN2/c1-9-6-5(7)2-4(8)3-10-6/h2-3H,1H3,(H,9,10). The number of rotatable bonds is 1. The molecule has 10 heavy (non-hydrogen) atoms. The summed E-state index contributed by atoms with van der Waals surface area (Å²) in [4.78, 5) is 4.05. The Morgan fingerprint density at radius 2 is 2.40 bits per heavy atom. The summed E-state index contributed by atoms with van der Waals surface area (Å²) in [5.41, 5.74) is 0. The Morgan fingerprint density at radius 3 is 2.90 bits per heavy atom. The average molecular weight is 268 g/mol. The van der Waals surface area contributed by atoms with E-state index >= 15 is 0 Å². The molecule has 0 fully saturated rings. The van der Waals surface area contributed by atoms with Crippen LogP contribution in [0.4, 0.5) is 5.82 Å². The Labute approximate surface area is 78.1 Å². The average Bonchev–Trinajstić information content (AvgIpc) is 1.88. The third-order valence-electron chi connectivity index (χ3n) is 1.04. The summed E-state index contributed by atoms with van der Waals surface area (Å²) >= 11 is 7.96. The molecule has 0 aromatic carbocycles. The molecule has 0 aliphatic heterocycles. The summed E-state index contributed by atoms with van der Waals surface area (Å²) in [7, 11) is 1.79. The second-order valence-electron chi connectivity index (χ2n) is 1.73. The van der Waals surface area contributed by atoms with Gasteiger partial charge in [0.25, 0.3) is 0 Å². The molecule has 54 valence electrons. The van der Waals surface area contributed by atoms with Crippen LogP contribution < -0.4 is 5.32 Å². The van der Waals surface area contributed by atoms with Crippen LogP contribution in [0.15, 0.2) is 12.3 Å². The van der Waals surface area contributed by atoms with Crippen LogP contribution in [0.5, 0.6) is 0 Å². The SMILES string of the molecule is CNc1ncc(I)cc1Cl. The van der Waals surface area contributed by atoms with Crippen molar-refractivity contribution < 1.29 is 0 Å². The van der Waals surface area contributed by atoms with Crippen molar-refractivity contribution in [3.05, 3.63) is 20.9 Å². The first-order valence-electron chi connectivity index (χ1n) is 2.73. The van der Waals surface area contributed by atoms with Gasteiger partial charge in [-0.05, 0) is 28.7 Å². The van der Waals surface area contributed by atoms with Crippen LogP contribution in [0.1, 0.15) is 0 Å². The summed E-state index contributed by atoms with van der Waals surface area (Å²) in [6.45, 7) is 0. The van der Waals surface area contributed by atoms with Crippen LogP contribution in [0.25, 0.3) is 0 Å². The van der Waals surface area contributed by atoms with E-state index in [0.29, 0.717) is 5.02 Å². The fourth-order valence-electron chi connectivity index (χ4n) is 0.599. The van der Waals surface area contributed by atoms with Gasteiger partial charge in [0.1, 0.15) is 5.82 Å². The molecule has 0 spiro atoms. The number of aromatic nitrogens is 1. The highest BCUT2D eigenvalue weighted by Crippen LogP contribution is 2.19. The Balaban J connectivity index is 3.07. The zero-order valence-electron chi connectivity index (χ0n) is 5.36. The van der Waals surface area contributed by atoms with Gasteiger partial charge in [-0.2, -0.15) is 0 Å². The lowest BCUT2D eigenvalue weighted by molar-refractivity contribution is 1.27. The van der Waals surface area contributed by atoms with Gasteiger partial charge < -0.3 is 5.32 Å². The van der Waals surface area contributed by atoms with Crippen LogP contribution in [-0.4, -0.2) is 12.0 Å². The molecule has 1 rings (SSSR count). The molecule has 0 amide bonds. The van der Waals surface area contributed by atoms with E-state index in [9.17, 15) is 0 Å². The van der Waals surface area contributed by atoms with Crippen LogP contribution >= 0.6 is 34.2 Å². The van der Waals surface area contributed by atoms with E-state index in [1.54, 1.807) is 13.2 Å². The van der Waals surface area contributed by atoms with Crippen molar-refractivity contribution in [3.63, 3.8) is 0 Å². The minimum absolute atomic E-state index is 0.661. The minimum atomic E-state index is 0.661. The van der Waals surface area contributed by atoms with E-state index in [4.69, 9.17) is 11.6 Å². The molecule has 1 heterocycles. The summed E-state index contributed by atoms with van der Waals surface area (Å²) in [5.74, 6) is 0.724. The molecular weight excluding hydrogens is 262 g/mol. The molecule has 2 nitrogen and oxygen atoms in total. The maximum atomic E-state index is 5.80. The van der Waals surface area contributed by atoms with Gasteiger partial charge in [0, 0.05) is 16.8 Å². The van der Waals surface area contributed by atoms with E-state index < -0.39 is 0 Å². The van der Waals surface area contributed by atoms with E-state index in [-0.39, 0.29) is 0 Å². The smallest absolute Gasteiger partial charge is 0.144 e. The number of hydrogen-bond donors (Lipinski definition) is 1. The first-order chi connectivity index (χ1) is 4.74. The topological polar surface area (TPSA) is 24.9 Å². The molecule has 0 aliphatic carbocycles. The zero-order chi connectivity index (χ0) is 7.56. The molecule has 0 saturated heterocycles. The maximum Gasteiger partial charge on any atom is 0.144 e. The van der Waals surface area contributed by atoms with Crippen molar-refractivity contribution in [2.75, 3.05) is 12.4 Å². The second kappa shape index (κ2) is 3.39. The Hall–Kier alpha value is -0.0300. The summed E-state index contributed by atoms with van der Waals surface area (Å²) in [6, 6.07) is 1.86. The second-order valence-corrected chi connectivity index (χ2v) is 3.39. The molecule has 1 aromatic heterocycles. The first kappa shape index (κ1) is 8.07. The molecule has 1 aromatic rings. The number of pyridine rings is 1. The van der Waals surface area contributed by atoms with Crippen LogP contribution in [0.2, 0.25) is 5.02 Å². The van der Waals surface area contributed by atoms with Crippen molar-refractivity contribution in [1.29, 1.82) is 0 Å². The lowest BCUT2D eigenvalue weighted by Gasteiger charge is -2.00. The number of anilines is 1. The number of halogens is 2. The van der Waals surface area contributed by atoms with Gasteiger partial charge in [0.2, 0.25) is 0 Å². The highest BCUT2D eigenvalue weighted by atomic mass is 127. The Bertz CT molecular complexity index is 239. The quantitative estimate of drug-likeness (QED) is 0.791. The first-order valence-corrected chi connectivity index (χ1v) is 4.18. The van der Waals surface area contributed by atoms with Gasteiger partial charge >= 0.3 is 0 Å². The Morgan fingerprint density at radius 1 is 1.70 bits per heavy atom. The normalized spacial score (nSPS) is 9.50. The summed E-state index contributed by atoms with van der Waals surface area (Å²) in [5, 5.41) is 3.54. The molecule has 0 aliphatic rings. The third kappa shape index (κ3) is 1.73. The van der Waals surface area contributed by atoms with Crippen LogP contribution in [0.3, 0.4) is 0 Å². The maximum absolute atomic E-state index is 5.80. The highest BCUT2D eigenvalue weighted by molar-refractivity contribution is 14.1. The van der Waals surface area contributed by atoms with Crippen molar-refractivity contribution >= 4 is 40.0 Å². The predicted octanol–water partition coefficient (Wildman–Crippen LogP) is 2.38. The fraction of sp³-hybridized carbons (Fsp3) is 0.167. The Kier molecular flexibility index (Phi) is 2.73. The predicted molar refractivity (Wildman–Crippen MR) is 51.5 cm³/mol. The molecule has 0 atom stereocenters. The van der Waals surface area contributed by atoms with Gasteiger partial charge in [0.05, 0.1) is 5.02 Å². The van der Waals surface area contributed by atoms with Gasteiger partial charge in [-0.3, -0.25) is 0 Å². The van der Waals surface area contributed by atoms with Gasteiger partial charge in [-0.1, -0.05) is 11.6 Å². The van der Waals surface area contributed by atoms with Crippen molar-refractivity contribution in [1.82, 2.24) is 4.98 Å². The monoisotopic (exact) mass is 268 g/mol. The summed E-state index contributed by atoms with van der Waals surface area (Å²) in [6.07, 6.45) is 1.76. The summed E-state index contributed by atoms with van der Waals surface area (Å²) < 4.78 is 1.04. The van der Waals surface area contributed by atoms with Crippen molar-refractivity contribution in [2.45, 2.75) is 0 Å². The van der Waals surface area contributed by atoms with E-state index in [0.717, 1.165) is 9.39 Å². The lowest BCUT2D eigenvalue weighted by Crippen LogP contribution is -1.92.